The van der Waals surface area contributed by atoms with Crippen molar-refractivity contribution in [3.8, 4) is 0 Å². The molecule has 1 heterocycles. The van der Waals surface area contributed by atoms with Crippen LogP contribution in [-0.2, 0) is 5.67 Å². The number of amides is 1. The van der Waals surface area contributed by atoms with Gasteiger partial charge in [-0.15, -0.1) is 0 Å². The fourth-order valence-corrected chi connectivity index (χ4v) is 3.61. The van der Waals surface area contributed by atoms with Gasteiger partial charge in [0, 0.05) is 29.1 Å². The number of carbonyl (C=O) groups excluding carboxylic acids is 1. The molecule has 1 amide bonds. The molecule has 0 saturated heterocycles. The Hall–Kier alpha value is -2.81. The fraction of sp³-hybridized carbons (Fsp3) is 0.273. The first-order valence-corrected chi connectivity index (χ1v) is 9.66. The van der Waals surface area contributed by atoms with Crippen LogP contribution in [0.25, 0.3) is 10.9 Å². The zero-order valence-electron chi connectivity index (χ0n) is 17.0. The number of halogens is 7. The van der Waals surface area contributed by atoms with Crippen LogP contribution in [0.2, 0.25) is 5.15 Å². The Balaban J connectivity index is 1.98. The minimum absolute atomic E-state index is 0.00175. The molecule has 1 N–H and O–H groups in total. The first-order valence-electron chi connectivity index (χ1n) is 9.28. The smallest absolute Gasteiger partial charge is 0.322 e. The van der Waals surface area contributed by atoms with E-state index in [-0.39, 0.29) is 34.5 Å². The minimum atomic E-state index is -5.85. The molecule has 3 rings (SSSR count). The van der Waals surface area contributed by atoms with Crippen molar-refractivity contribution in [1.82, 2.24) is 4.98 Å². The molecule has 32 heavy (non-hydrogen) atoms. The third kappa shape index (κ3) is 4.13. The maximum Gasteiger partial charge on any atom is 0.432 e. The van der Waals surface area contributed by atoms with Crippen molar-refractivity contribution in [2.24, 2.45) is 0 Å². The van der Waals surface area contributed by atoms with Crippen molar-refractivity contribution in [1.29, 1.82) is 0 Å². The summed E-state index contributed by atoms with van der Waals surface area (Å²) < 4.78 is 82.1. The van der Waals surface area contributed by atoms with E-state index in [2.05, 4.69) is 10.3 Å². The first kappa shape index (κ1) is 23.8. The lowest BCUT2D eigenvalue weighted by Gasteiger charge is -2.34. The highest BCUT2D eigenvalue weighted by Gasteiger charge is 2.70. The maximum atomic E-state index is 14.8. The Morgan fingerprint density at radius 3 is 2.06 bits per heavy atom. The van der Waals surface area contributed by atoms with Gasteiger partial charge in [0.25, 0.3) is 17.5 Å². The molecule has 0 aliphatic carbocycles. The minimum Gasteiger partial charge on any atom is -0.322 e. The van der Waals surface area contributed by atoms with Gasteiger partial charge < -0.3 is 5.32 Å². The monoisotopic (exact) mass is 474 g/mol. The summed E-state index contributed by atoms with van der Waals surface area (Å²) in [4.78, 5) is 16.8. The van der Waals surface area contributed by atoms with E-state index >= 15 is 0 Å². The Kier molecular flexibility index (Phi) is 5.93. The molecule has 0 aliphatic heterocycles. The average molecular weight is 475 g/mol. The summed E-state index contributed by atoms with van der Waals surface area (Å²) in [5.74, 6) is -5.32. The molecule has 0 fully saturated rings. The lowest BCUT2D eigenvalue weighted by atomic mass is 9.86. The Morgan fingerprint density at radius 2 is 1.53 bits per heavy atom. The molecule has 0 radical (unpaired) electrons. The average Bonchev–Trinajstić information content (AvgIpc) is 2.67. The standard InChI is InChI=1S/C22H17ClF6N2O/c1-11-8-15(21(26,20(3,24)25)22(27,28)29)9-12(2)18(11)31-19(32)14-4-6-16-13(10-14)5-7-17(23)30-16/h4-10H,1-3H3,(H,31,32). The Morgan fingerprint density at radius 1 is 0.938 bits per heavy atom. The van der Waals surface area contributed by atoms with E-state index in [0.29, 0.717) is 23.0 Å². The third-order valence-corrected chi connectivity index (χ3v) is 5.29. The molecule has 10 heteroatoms. The summed E-state index contributed by atoms with van der Waals surface area (Å²) in [5, 5.41) is 3.46. The lowest BCUT2D eigenvalue weighted by molar-refractivity contribution is -0.304. The summed E-state index contributed by atoms with van der Waals surface area (Å²) in [5.41, 5.74) is -5.25. The van der Waals surface area contributed by atoms with Crippen LogP contribution in [0.4, 0.5) is 32.0 Å². The number of aryl methyl sites for hydroxylation is 2. The Bertz CT molecular complexity index is 1170. The molecule has 0 saturated carbocycles. The number of hydrogen-bond donors (Lipinski definition) is 1. The van der Waals surface area contributed by atoms with Crippen LogP contribution >= 0.6 is 11.6 Å². The molecule has 170 valence electrons. The van der Waals surface area contributed by atoms with E-state index in [1.165, 1.54) is 19.9 Å². The second-order valence-corrected chi connectivity index (χ2v) is 7.91. The topological polar surface area (TPSA) is 42.0 Å². The van der Waals surface area contributed by atoms with E-state index in [4.69, 9.17) is 11.6 Å². The van der Waals surface area contributed by atoms with Gasteiger partial charge in [-0.25, -0.2) is 18.2 Å². The van der Waals surface area contributed by atoms with Gasteiger partial charge in [0.1, 0.15) is 5.15 Å². The summed E-state index contributed by atoms with van der Waals surface area (Å²) >= 11 is 5.83. The molecule has 3 aromatic rings. The van der Waals surface area contributed by atoms with Gasteiger partial charge in [-0.3, -0.25) is 4.79 Å². The molecule has 1 atom stereocenters. The summed E-state index contributed by atoms with van der Waals surface area (Å²) in [6, 6.07) is 9.14. The largest absolute Gasteiger partial charge is 0.432 e. The second-order valence-electron chi connectivity index (χ2n) is 7.53. The molecule has 0 bridgehead atoms. The molecule has 2 aromatic carbocycles. The van der Waals surface area contributed by atoms with Gasteiger partial charge in [0.2, 0.25) is 0 Å². The summed E-state index contributed by atoms with van der Waals surface area (Å²) in [7, 11) is 0. The number of aromatic nitrogens is 1. The highest BCUT2D eigenvalue weighted by molar-refractivity contribution is 6.29. The molecular weight excluding hydrogens is 458 g/mol. The number of rotatable bonds is 4. The fourth-order valence-electron chi connectivity index (χ4n) is 3.45. The number of hydrogen-bond acceptors (Lipinski definition) is 2. The van der Waals surface area contributed by atoms with Crippen LogP contribution in [0.3, 0.4) is 0 Å². The van der Waals surface area contributed by atoms with E-state index in [9.17, 15) is 31.1 Å². The van der Waals surface area contributed by atoms with Crippen LogP contribution in [0, 0.1) is 13.8 Å². The van der Waals surface area contributed by atoms with Gasteiger partial charge in [-0.1, -0.05) is 23.7 Å². The summed E-state index contributed by atoms with van der Waals surface area (Å²) in [6.45, 7) is 2.47. The van der Waals surface area contributed by atoms with Crippen LogP contribution in [0.5, 0.6) is 0 Å². The van der Waals surface area contributed by atoms with E-state index < -0.39 is 29.2 Å². The van der Waals surface area contributed by atoms with Gasteiger partial charge in [0.05, 0.1) is 5.52 Å². The molecule has 0 spiro atoms. The predicted octanol–water partition coefficient (Wildman–Crippen LogP) is 7.14. The van der Waals surface area contributed by atoms with Crippen LogP contribution in [-0.4, -0.2) is 23.0 Å². The highest BCUT2D eigenvalue weighted by atomic mass is 35.5. The second kappa shape index (κ2) is 7.95. The molecule has 1 unspecified atom stereocenters. The van der Waals surface area contributed by atoms with Crippen molar-refractivity contribution in [3.63, 3.8) is 0 Å². The zero-order valence-corrected chi connectivity index (χ0v) is 17.8. The molecule has 3 nitrogen and oxygen atoms in total. The molecular formula is C22H17ClF6N2O. The van der Waals surface area contributed by atoms with Crippen LogP contribution in [0.15, 0.2) is 42.5 Å². The maximum absolute atomic E-state index is 14.8. The van der Waals surface area contributed by atoms with Gasteiger partial charge in [0.15, 0.2) is 0 Å². The quantitative estimate of drug-likeness (QED) is 0.322. The highest BCUT2D eigenvalue weighted by Crippen LogP contribution is 2.53. The number of anilines is 1. The van der Waals surface area contributed by atoms with Crippen molar-refractivity contribution in [3.05, 3.63) is 69.9 Å². The van der Waals surface area contributed by atoms with Gasteiger partial charge >= 0.3 is 6.18 Å². The zero-order chi connectivity index (χ0) is 24.1. The number of benzene rings is 2. The third-order valence-electron chi connectivity index (χ3n) is 5.08. The van der Waals surface area contributed by atoms with Gasteiger partial charge in [-0.05, 0) is 55.3 Å². The Labute approximate surface area is 184 Å². The number of nitrogens with one attached hydrogen (secondary N) is 1. The number of alkyl halides is 6. The van der Waals surface area contributed by atoms with E-state index in [1.807, 2.05) is 0 Å². The number of nitrogens with zero attached hydrogens (tertiary/aromatic N) is 1. The van der Waals surface area contributed by atoms with Crippen molar-refractivity contribution in [2.45, 2.75) is 38.5 Å². The van der Waals surface area contributed by atoms with Crippen LogP contribution < -0.4 is 5.32 Å². The predicted molar refractivity (Wildman–Crippen MR) is 110 cm³/mol. The van der Waals surface area contributed by atoms with E-state index in [1.54, 1.807) is 24.3 Å². The SMILES string of the molecule is Cc1cc(C(F)(C(C)(F)F)C(F)(F)F)cc(C)c1NC(=O)c1ccc2nc(Cl)ccc2c1. The van der Waals surface area contributed by atoms with E-state index in [0.717, 1.165) is 0 Å². The molecule has 0 aliphatic rings. The number of fused-ring (bicyclic) bond motifs is 1. The van der Waals surface area contributed by atoms with Crippen molar-refractivity contribution < 1.29 is 31.1 Å². The normalized spacial score (nSPS) is 14.3. The lowest BCUT2D eigenvalue weighted by Crippen LogP contribution is -2.51. The van der Waals surface area contributed by atoms with Crippen molar-refractivity contribution in [2.75, 3.05) is 5.32 Å². The number of carbonyl (C=O) groups is 1. The molecule has 1 aromatic heterocycles. The van der Waals surface area contributed by atoms with Crippen molar-refractivity contribution >= 4 is 34.1 Å². The van der Waals surface area contributed by atoms with Crippen LogP contribution in [0.1, 0.15) is 34.0 Å². The first-order chi connectivity index (χ1) is 14.6. The van der Waals surface area contributed by atoms with Gasteiger partial charge in [-0.2, -0.15) is 13.2 Å². The number of pyridine rings is 1. The summed E-state index contributed by atoms with van der Waals surface area (Å²) in [6.07, 6.45) is -5.85.